The number of benzene rings is 2. The quantitative estimate of drug-likeness (QED) is 0.521. The summed E-state index contributed by atoms with van der Waals surface area (Å²) in [6.07, 6.45) is 1.89. The van der Waals surface area contributed by atoms with E-state index >= 15 is 0 Å². The predicted octanol–water partition coefficient (Wildman–Crippen LogP) is 3.77. The van der Waals surface area contributed by atoms with Gasteiger partial charge in [0.05, 0.1) is 5.69 Å². The van der Waals surface area contributed by atoms with Gasteiger partial charge >= 0.3 is 0 Å². The van der Waals surface area contributed by atoms with E-state index in [1.165, 1.54) is 5.69 Å². The van der Waals surface area contributed by atoms with Gasteiger partial charge in [0, 0.05) is 38.1 Å². The molecular weight excluding hydrogens is 322 g/mol. The van der Waals surface area contributed by atoms with Gasteiger partial charge in [-0.25, -0.2) is 0 Å². The fourth-order valence-corrected chi connectivity index (χ4v) is 2.98. The zero-order chi connectivity index (χ0) is 16.1. The highest BCUT2D eigenvalue weighted by molar-refractivity contribution is 8.10. The van der Waals surface area contributed by atoms with Gasteiger partial charge in [-0.05, 0) is 29.8 Å². The third-order valence-corrected chi connectivity index (χ3v) is 4.47. The molecule has 0 saturated carbocycles. The highest BCUT2D eigenvalue weighted by atomic mass is 32.1. The summed E-state index contributed by atoms with van der Waals surface area (Å²) < 4.78 is 0.690. The molecule has 5 heteroatoms. The first-order chi connectivity index (χ1) is 11.2. The standard InChI is InChI=1S/C18H19N3S2/c22-18(23)21-12-10-20(11-13-21)17-8-6-16(7-9-17)19-14-15-4-2-1-3-5-15/h1-9,14H,10-13H2,(H,22,23)/b19-14+. The van der Waals surface area contributed by atoms with Gasteiger partial charge in [0.2, 0.25) is 0 Å². The van der Waals surface area contributed by atoms with Gasteiger partial charge < -0.3 is 9.80 Å². The first-order valence-corrected chi connectivity index (χ1v) is 8.50. The molecule has 3 nitrogen and oxygen atoms in total. The number of piperazine rings is 1. The molecule has 1 saturated heterocycles. The minimum absolute atomic E-state index is 0.690. The van der Waals surface area contributed by atoms with Gasteiger partial charge in [0.1, 0.15) is 4.32 Å². The van der Waals surface area contributed by atoms with E-state index in [-0.39, 0.29) is 0 Å². The van der Waals surface area contributed by atoms with Crippen LogP contribution >= 0.6 is 24.8 Å². The van der Waals surface area contributed by atoms with E-state index in [1.54, 1.807) is 0 Å². The topological polar surface area (TPSA) is 18.8 Å². The Hall–Kier alpha value is -1.85. The van der Waals surface area contributed by atoms with Crippen molar-refractivity contribution in [1.29, 1.82) is 0 Å². The molecule has 118 valence electrons. The average Bonchev–Trinajstić information content (AvgIpc) is 2.61. The van der Waals surface area contributed by atoms with Crippen molar-refractivity contribution in [3.05, 3.63) is 60.2 Å². The molecule has 23 heavy (non-hydrogen) atoms. The van der Waals surface area contributed by atoms with Crippen LogP contribution < -0.4 is 4.90 Å². The predicted molar refractivity (Wildman–Crippen MR) is 106 cm³/mol. The molecule has 3 rings (SSSR count). The number of anilines is 1. The van der Waals surface area contributed by atoms with Crippen LogP contribution in [0.2, 0.25) is 0 Å². The highest BCUT2D eigenvalue weighted by Gasteiger charge is 2.17. The number of hydrogen-bond donors (Lipinski definition) is 1. The number of thiocarbonyl (C=S) groups is 1. The summed E-state index contributed by atoms with van der Waals surface area (Å²) in [7, 11) is 0. The van der Waals surface area contributed by atoms with Gasteiger partial charge in [-0.1, -0.05) is 42.5 Å². The van der Waals surface area contributed by atoms with Crippen molar-refractivity contribution in [1.82, 2.24) is 4.90 Å². The van der Waals surface area contributed by atoms with E-state index in [9.17, 15) is 0 Å². The molecule has 2 aromatic rings. The second-order valence-corrected chi connectivity index (χ2v) is 6.55. The number of aliphatic imine (C=N–C) groups is 1. The maximum atomic E-state index is 5.11. The van der Waals surface area contributed by atoms with Gasteiger partial charge in [-0.2, -0.15) is 0 Å². The summed E-state index contributed by atoms with van der Waals surface area (Å²) in [5.74, 6) is 0. The highest BCUT2D eigenvalue weighted by Crippen LogP contribution is 2.21. The lowest BCUT2D eigenvalue weighted by molar-refractivity contribution is 0.398. The minimum atomic E-state index is 0.690. The Labute approximate surface area is 148 Å². The number of rotatable bonds is 3. The van der Waals surface area contributed by atoms with Crippen molar-refractivity contribution < 1.29 is 0 Å². The molecule has 0 atom stereocenters. The number of hydrogen-bond acceptors (Lipinski definition) is 3. The van der Waals surface area contributed by atoms with E-state index in [0.29, 0.717) is 4.32 Å². The van der Waals surface area contributed by atoms with Crippen molar-refractivity contribution in [2.24, 2.45) is 4.99 Å². The van der Waals surface area contributed by atoms with Crippen LogP contribution in [-0.4, -0.2) is 41.6 Å². The van der Waals surface area contributed by atoms with Crippen LogP contribution in [0.5, 0.6) is 0 Å². The van der Waals surface area contributed by atoms with E-state index in [1.807, 2.05) is 36.5 Å². The molecule has 1 heterocycles. The van der Waals surface area contributed by atoms with E-state index < -0.39 is 0 Å². The summed E-state index contributed by atoms with van der Waals surface area (Å²) >= 11 is 9.36. The summed E-state index contributed by atoms with van der Waals surface area (Å²) in [5, 5.41) is 0. The zero-order valence-electron chi connectivity index (χ0n) is 12.8. The Balaban J connectivity index is 1.61. The Morgan fingerprint density at radius 3 is 2.22 bits per heavy atom. The monoisotopic (exact) mass is 341 g/mol. The number of thiol groups is 1. The smallest absolute Gasteiger partial charge is 0.133 e. The molecule has 0 aromatic heterocycles. The fraction of sp³-hybridized carbons (Fsp3) is 0.222. The largest absolute Gasteiger partial charge is 0.368 e. The Bertz CT molecular complexity index is 675. The Morgan fingerprint density at radius 2 is 1.61 bits per heavy atom. The molecule has 0 bridgehead atoms. The fourth-order valence-electron chi connectivity index (χ4n) is 2.59. The van der Waals surface area contributed by atoms with Gasteiger partial charge in [-0.15, -0.1) is 12.6 Å². The summed E-state index contributed by atoms with van der Waals surface area (Å²) in [4.78, 5) is 9.02. The number of nitrogens with zero attached hydrogens (tertiary/aromatic N) is 3. The van der Waals surface area contributed by atoms with E-state index in [4.69, 9.17) is 12.2 Å². The molecule has 1 aliphatic rings. The van der Waals surface area contributed by atoms with Gasteiger partial charge in [0.25, 0.3) is 0 Å². The van der Waals surface area contributed by atoms with Crippen molar-refractivity contribution >= 4 is 46.8 Å². The lowest BCUT2D eigenvalue weighted by Gasteiger charge is -2.36. The van der Waals surface area contributed by atoms with Crippen LogP contribution in [0.15, 0.2) is 59.6 Å². The minimum Gasteiger partial charge on any atom is -0.368 e. The second kappa shape index (κ2) is 7.62. The molecule has 0 unspecified atom stereocenters. The molecule has 2 aromatic carbocycles. The van der Waals surface area contributed by atoms with E-state index in [0.717, 1.165) is 37.4 Å². The van der Waals surface area contributed by atoms with Crippen molar-refractivity contribution in [3.63, 3.8) is 0 Å². The normalized spacial score (nSPS) is 15.2. The molecule has 0 spiro atoms. The Kier molecular flexibility index (Phi) is 5.31. The maximum Gasteiger partial charge on any atom is 0.133 e. The van der Waals surface area contributed by atoms with Gasteiger partial charge in [0.15, 0.2) is 0 Å². The van der Waals surface area contributed by atoms with Crippen LogP contribution in [-0.2, 0) is 0 Å². The summed E-state index contributed by atoms with van der Waals surface area (Å²) in [5.41, 5.74) is 3.30. The average molecular weight is 342 g/mol. The van der Waals surface area contributed by atoms with E-state index in [2.05, 4.69) is 51.7 Å². The molecular formula is C18H19N3S2. The first-order valence-electron chi connectivity index (χ1n) is 7.64. The maximum absolute atomic E-state index is 5.11. The second-order valence-electron chi connectivity index (χ2n) is 5.44. The van der Waals surface area contributed by atoms with Crippen LogP contribution in [0.1, 0.15) is 5.56 Å². The molecule has 0 amide bonds. The Morgan fingerprint density at radius 1 is 0.957 bits per heavy atom. The van der Waals surface area contributed by atoms with Gasteiger partial charge in [-0.3, -0.25) is 4.99 Å². The van der Waals surface area contributed by atoms with Crippen LogP contribution in [0.3, 0.4) is 0 Å². The lowest BCUT2D eigenvalue weighted by Crippen LogP contribution is -2.47. The van der Waals surface area contributed by atoms with Crippen molar-refractivity contribution in [2.75, 3.05) is 31.1 Å². The summed E-state index contributed by atoms with van der Waals surface area (Å²) in [6, 6.07) is 18.5. The lowest BCUT2D eigenvalue weighted by atomic mass is 10.2. The van der Waals surface area contributed by atoms with Crippen molar-refractivity contribution in [3.8, 4) is 0 Å². The molecule has 1 fully saturated rings. The molecule has 0 radical (unpaired) electrons. The van der Waals surface area contributed by atoms with Crippen molar-refractivity contribution in [2.45, 2.75) is 0 Å². The van der Waals surface area contributed by atoms with Crippen LogP contribution in [0.25, 0.3) is 0 Å². The SMILES string of the molecule is S=C(S)N1CCN(c2ccc(/N=C/c3ccccc3)cc2)CC1. The van der Waals surface area contributed by atoms with Crippen LogP contribution in [0, 0.1) is 0 Å². The summed E-state index contributed by atoms with van der Waals surface area (Å²) in [6.45, 7) is 3.78. The van der Waals surface area contributed by atoms with Crippen LogP contribution in [0.4, 0.5) is 11.4 Å². The first kappa shape index (κ1) is 16.0. The molecule has 0 aliphatic carbocycles. The molecule has 0 N–H and O–H groups in total. The molecule has 1 aliphatic heterocycles. The zero-order valence-corrected chi connectivity index (χ0v) is 14.5. The third kappa shape index (κ3) is 4.33. The third-order valence-electron chi connectivity index (χ3n) is 3.93.